The standard InChI is InChI=1S/C17H13NO3/c1-21-11-8-6-10(7-9-11)14-15(18)17(20)13-5-3-2-4-12(13)16(14)19/h2-9,14,18H,1H3. The molecule has 4 nitrogen and oxygen atoms in total. The molecule has 1 N–H and O–H groups in total. The highest BCUT2D eigenvalue weighted by molar-refractivity contribution is 6.54. The van der Waals surface area contributed by atoms with Crippen LogP contribution in [0.1, 0.15) is 32.2 Å². The Morgan fingerprint density at radius 2 is 1.57 bits per heavy atom. The van der Waals surface area contributed by atoms with Gasteiger partial charge in [0.15, 0.2) is 5.78 Å². The van der Waals surface area contributed by atoms with Crippen LogP contribution in [0, 0.1) is 5.41 Å². The van der Waals surface area contributed by atoms with Crippen LogP contribution in [0.5, 0.6) is 5.75 Å². The third-order valence-corrected chi connectivity index (χ3v) is 3.68. The highest BCUT2D eigenvalue weighted by Crippen LogP contribution is 2.31. The first-order valence-electron chi connectivity index (χ1n) is 6.54. The topological polar surface area (TPSA) is 67.2 Å². The molecule has 104 valence electrons. The number of benzene rings is 2. The Morgan fingerprint density at radius 1 is 0.952 bits per heavy atom. The minimum Gasteiger partial charge on any atom is -0.497 e. The van der Waals surface area contributed by atoms with Crippen LogP contribution in [0.3, 0.4) is 0 Å². The summed E-state index contributed by atoms with van der Waals surface area (Å²) in [6.45, 7) is 0. The van der Waals surface area contributed by atoms with Crippen LogP contribution in [0.2, 0.25) is 0 Å². The number of Topliss-reactive ketones (excluding diaryl/α,β-unsaturated/α-hetero) is 2. The van der Waals surface area contributed by atoms with Gasteiger partial charge in [-0.1, -0.05) is 36.4 Å². The van der Waals surface area contributed by atoms with Crippen molar-refractivity contribution in [1.29, 1.82) is 5.41 Å². The molecule has 0 heterocycles. The molecule has 1 aliphatic rings. The molecule has 2 aromatic carbocycles. The monoisotopic (exact) mass is 279 g/mol. The molecule has 0 fully saturated rings. The van der Waals surface area contributed by atoms with E-state index in [1.807, 2.05) is 0 Å². The Hall–Kier alpha value is -2.75. The number of hydrogen-bond donors (Lipinski definition) is 1. The van der Waals surface area contributed by atoms with Crippen molar-refractivity contribution in [2.75, 3.05) is 7.11 Å². The van der Waals surface area contributed by atoms with Crippen molar-refractivity contribution < 1.29 is 14.3 Å². The Morgan fingerprint density at radius 3 is 2.19 bits per heavy atom. The first-order chi connectivity index (χ1) is 10.1. The van der Waals surface area contributed by atoms with Gasteiger partial charge in [-0.3, -0.25) is 9.59 Å². The lowest BCUT2D eigenvalue weighted by molar-refractivity contribution is 0.0947. The van der Waals surface area contributed by atoms with Crippen LogP contribution in [0.25, 0.3) is 0 Å². The van der Waals surface area contributed by atoms with E-state index in [4.69, 9.17) is 10.1 Å². The van der Waals surface area contributed by atoms with Gasteiger partial charge in [-0.2, -0.15) is 0 Å². The van der Waals surface area contributed by atoms with Crippen molar-refractivity contribution in [2.24, 2.45) is 0 Å². The summed E-state index contributed by atoms with van der Waals surface area (Å²) in [6, 6.07) is 13.5. The number of nitrogens with one attached hydrogen (secondary N) is 1. The number of hydrogen-bond acceptors (Lipinski definition) is 4. The summed E-state index contributed by atoms with van der Waals surface area (Å²) in [4.78, 5) is 24.9. The lowest BCUT2D eigenvalue weighted by Crippen LogP contribution is -2.34. The fourth-order valence-electron chi connectivity index (χ4n) is 2.57. The SMILES string of the molecule is COc1ccc(C2C(=N)C(=O)c3ccccc3C2=O)cc1. The summed E-state index contributed by atoms with van der Waals surface area (Å²) >= 11 is 0. The maximum Gasteiger partial charge on any atom is 0.208 e. The van der Waals surface area contributed by atoms with Gasteiger partial charge in [-0.25, -0.2) is 0 Å². The quantitative estimate of drug-likeness (QED) is 0.919. The first kappa shape index (κ1) is 13.2. The fraction of sp³-hybridized carbons (Fsp3) is 0.118. The van der Waals surface area contributed by atoms with Gasteiger partial charge in [-0.05, 0) is 17.7 Å². The maximum atomic E-state index is 12.6. The molecule has 0 aliphatic heterocycles. The summed E-state index contributed by atoms with van der Waals surface area (Å²) in [5.74, 6) is -0.759. The molecule has 2 aromatic rings. The van der Waals surface area contributed by atoms with E-state index in [2.05, 4.69) is 0 Å². The number of ether oxygens (including phenoxy) is 1. The molecule has 0 saturated heterocycles. The van der Waals surface area contributed by atoms with Crippen LogP contribution in [-0.2, 0) is 0 Å². The van der Waals surface area contributed by atoms with E-state index >= 15 is 0 Å². The average Bonchev–Trinajstić information content (AvgIpc) is 2.53. The van der Waals surface area contributed by atoms with Gasteiger partial charge in [0.2, 0.25) is 5.78 Å². The second-order valence-corrected chi connectivity index (χ2v) is 4.86. The molecule has 1 unspecified atom stereocenters. The second kappa shape index (κ2) is 4.98. The van der Waals surface area contributed by atoms with E-state index < -0.39 is 5.92 Å². The lowest BCUT2D eigenvalue weighted by Gasteiger charge is -2.23. The molecular weight excluding hydrogens is 266 g/mol. The summed E-state index contributed by atoms with van der Waals surface area (Å²) in [6.07, 6.45) is 0. The van der Waals surface area contributed by atoms with Gasteiger partial charge >= 0.3 is 0 Å². The number of rotatable bonds is 2. The molecule has 4 heteroatoms. The molecule has 3 rings (SSSR count). The number of carbonyl (C=O) groups excluding carboxylic acids is 2. The first-order valence-corrected chi connectivity index (χ1v) is 6.54. The third kappa shape index (κ3) is 2.05. The van der Waals surface area contributed by atoms with Crippen molar-refractivity contribution in [3.05, 3.63) is 65.2 Å². The molecule has 0 radical (unpaired) electrons. The normalized spacial score (nSPS) is 17.6. The number of ketones is 2. The molecule has 0 saturated carbocycles. The van der Waals surface area contributed by atoms with Crippen molar-refractivity contribution >= 4 is 17.3 Å². The zero-order chi connectivity index (χ0) is 15.0. The predicted octanol–water partition coefficient (Wildman–Crippen LogP) is 2.88. The highest BCUT2D eigenvalue weighted by Gasteiger charge is 2.38. The van der Waals surface area contributed by atoms with Crippen LogP contribution in [0.15, 0.2) is 48.5 Å². The smallest absolute Gasteiger partial charge is 0.208 e. The number of methoxy groups -OCH3 is 1. The van der Waals surface area contributed by atoms with Crippen molar-refractivity contribution in [3.63, 3.8) is 0 Å². The van der Waals surface area contributed by atoms with E-state index in [-0.39, 0.29) is 17.3 Å². The molecule has 0 aromatic heterocycles. The van der Waals surface area contributed by atoms with Crippen LogP contribution in [-0.4, -0.2) is 24.4 Å². The van der Waals surface area contributed by atoms with Gasteiger partial charge in [-0.15, -0.1) is 0 Å². The Bertz CT molecular complexity index is 747. The maximum absolute atomic E-state index is 12.6. The molecule has 0 amide bonds. The van der Waals surface area contributed by atoms with E-state index in [0.29, 0.717) is 22.4 Å². The average molecular weight is 279 g/mol. The molecule has 1 aliphatic carbocycles. The second-order valence-electron chi connectivity index (χ2n) is 4.86. The summed E-state index contributed by atoms with van der Waals surface area (Å²) in [5.41, 5.74) is 1.16. The zero-order valence-corrected chi connectivity index (χ0v) is 11.4. The third-order valence-electron chi connectivity index (χ3n) is 3.68. The molecule has 1 atom stereocenters. The van der Waals surface area contributed by atoms with E-state index in [0.717, 1.165) is 0 Å². The number of carbonyl (C=O) groups is 2. The van der Waals surface area contributed by atoms with Gasteiger partial charge in [0, 0.05) is 11.1 Å². The minimum atomic E-state index is -0.835. The summed E-state index contributed by atoms with van der Waals surface area (Å²) < 4.78 is 5.08. The zero-order valence-electron chi connectivity index (χ0n) is 11.4. The van der Waals surface area contributed by atoms with Crippen molar-refractivity contribution in [3.8, 4) is 5.75 Å². The predicted molar refractivity (Wildman–Crippen MR) is 78.6 cm³/mol. The minimum absolute atomic E-state index is 0.177. The van der Waals surface area contributed by atoms with Crippen molar-refractivity contribution in [2.45, 2.75) is 5.92 Å². The molecule has 21 heavy (non-hydrogen) atoms. The largest absolute Gasteiger partial charge is 0.497 e. The van der Waals surface area contributed by atoms with Gasteiger partial charge < -0.3 is 10.1 Å². The van der Waals surface area contributed by atoms with Gasteiger partial charge in [0.05, 0.1) is 18.7 Å². The highest BCUT2D eigenvalue weighted by atomic mass is 16.5. The molecule has 0 bridgehead atoms. The van der Waals surface area contributed by atoms with E-state index in [9.17, 15) is 9.59 Å². The Kier molecular flexibility index (Phi) is 3.14. The van der Waals surface area contributed by atoms with E-state index in [1.165, 1.54) is 0 Å². The lowest BCUT2D eigenvalue weighted by atomic mass is 9.77. The van der Waals surface area contributed by atoms with Gasteiger partial charge in [0.1, 0.15) is 5.75 Å². The van der Waals surface area contributed by atoms with Crippen LogP contribution < -0.4 is 4.74 Å². The number of fused-ring (bicyclic) bond motifs is 1. The van der Waals surface area contributed by atoms with E-state index in [1.54, 1.807) is 55.6 Å². The van der Waals surface area contributed by atoms with Crippen LogP contribution >= 0.6 is 0 Å². The Labute approximate surface area is 121 Å². The Balaban J connectivity index is 2.09. The fourth-order valence-corrected chi connectivity index (χ4v) is 2.57. The van der Waals surface area contributed by atoms with Gasteiger partial charge in [0.25, 0.3) is 0 Å². The summed E-state index contributed by atoms with van der Waals surface area (Å²) in [5, 5.41) is 8.05. The van der Waals surface area contributed by atoms with Crippen molar-refractivity contribution in [1.82, 2.24) is 0 Å². The van der Waals surface area contributed by atoms with Crippen LogP contribution in [0.4, 0.5) is 0 Å². The molecule has 0 spiro atoms. The molecular formula is C17H13NO3. The summed E-state index contributed by atoms with van der Waals surface area (Å²) in [7, 11) is 1.56.